The lowest BCUT2D eigenvalue weighted by Crippen LogP contribution is -2.15. The molecule has 0 aliphatic heterocycles. The van der Waals surface area contributed by atoms with Crippen LogP contribution in [0.15, 0.2) is 60.9 Å². The molecule has 1 unspecified atom stereocenters. The smallest absolute Gasteiger partial charge is 0.295 e. The predicted octanol–water partition coefficient (Wildman–Crippen LogP) is 2.57. The van der Waals surface area contributed by atoms with Crippen LogP contribution in [-0.2, 0) is 6.54 Å². The van der Waals surface area contributed by atoms with E-state index in [0.29, 0.717) is 5.69 Å². The second kappa shape index (κ2) is 7.06. The summed E-state index contributed by atoms with van der Waals surface area (Å²) < 4.78 is 1.46. The lowest BCUT2D eigenvalue weighted by Gasteiger charge is -2.10. The molecule has 1 heterocycles. The van der Waals surface area contributed by atoms with E-state index in [1.807, 2.05) is 61.5 Å². The molecule has 0 saturated carbocycles. The molecule has 3 rings (SSSR count). The molecule has 6 heteroatoms. The zero-order valence-electron chi connectivity index (χ0n) is 13.3. The van der Waals surface area contributed by atoms with Crippen LogP contribution >= 0.6 is 0 Å². The fourth-order valence-electron chi connectivity index (χ4n) is 2.27. The first-order chi connectivity index (χ1) is 11.6. The van der Waals surface area contributed by atoms with Crippen LogP contribution in [0.5, 0.6) is 0 Å². The van der Waals surface area contributed by atoms with Gasteiger partial charge >= 0.3 is 0 Å². The van der Waals surface area contributed by atoms with Gasteiger partial charge in [0.15, 0.2) is 0 Å². The Morgan fingerprint density at radius 2 is 1.88 bits per heavy atom. The van der Waals surface area contributed by atoms with Gasteiger partial charge in [-0.2, -0.15) is 0 Å². The zero-order valence-corrected chi connectivity index (χ0v) is 13.3. The largest absolute Gasteiger partial charge is 0.386 e. The van der Waals surface area contributed by atoms with Gasteiger partial charge in [0.05, 0.1) is 12.6 Å². The van der Waals surface area contributed by atoms with Gasteiger partial charge in [0.2, 0.25) is 5.82 Å². The molecule has 1 amide bonds. The van der Waals surface area contributed by atoms with E-state index in [9.17, 15) is 9.90 Å². The van der Waals surface area contributed by atoms with Gasteiger partial charge in [-0.15, -0.1) is 5.10 Å². The number of nitrogens with zero attached hydrogens (tertiary/aromatic N) is 3. The molecule has 0 fully saturated rings. The van der Waals surface area contributed by atoms with Crippen LogP contribution in [0.1, 0.15) is 27.8 Å². The molecule has 0 aliphatic carbocycles. The molecular formula is C18H18N4O2. The van der Waals surface area contributed by atoms with Gasteiger partial charge in [-0.05, 0) is 24.6 Å². The summed E-state index contributed by atoms with van der Waals surface area (Å²) in [4.78, 5) is 16.2. The summed E-state index contributed by atoms with van der Waals surface area (Å²) in [5.74, 6) is -0.317. The second-order valence-corrected chi connectivity index (χ2v) is 5.54. The van der Waals surface area contributed by atoms with E-state index < -0.39 is 6.10 Å². The van der Waals surface area contributed by atoms with E-state index >= 15 is 0 Å². The molecule has 0 aliphatic rings. The average Bonchev–Trinajstić information content (AvgIpc) is 3.06. The van der Waals surface area contributed by atoms with Crippen molar-refractivity contribution in [2.24, 2.45) is 0 Å². The number of aliphatic hydroxyl groups is 1. The van der Waals surface area contributed by atoms with Gasteiger partial charge in [0, 0.05) is 5.69 Å². The van der Waals surface area contributed by atoms with E-state index in [2.05, 4.69) is 15.4 Å². The Kier molecular flexibility index (Phi) is 4.67. The lowest BCUT2D eigenvalue weighted by molar-refractivity contribution is 0.101. The highest BCUT2D eigenvalue weighted by atomic mass is 16.3. The van der Waals surface area contributed by atoms with Crippen molar-refractivity contribution >= 4 is 11.6 Å². The minimum atomic E-state index is -0.707. The average molecular weight is 322 g/mol. The molecule has 2 N–H and O–H groups in total. The summed E-state index contributed by atoms with van der Waals surface area (Å²) in [5.41, 5.74) is 2.59. The lowest BCUT2D eigenvalue weighted by atomic mass is 10.1. The standard InChI is InChI=1S/C18H18N4O2/c1-13-7-9-15(10-8-13)20-18(24)17-19-12-22(21-17)11-16(23)14-5-3-2-4-6-14/h2-10,12,16,23H,11H2,1H3,(H,20,24). The monoisotopic (exact) mass is 322 g/mol. The number of hydrogen-bond donors (Lipinski definition) is 2. The maximum Gasteiger partial charge on any atom is 0.295 e. The number of hydrogen-bond acceptors (Lipinski definition) is 4. The SMILES string of the molecule is Cc1ccc(NC(=O)c2ncn(CC(O)c3ccccc3)n2)cc1. The van der Waals surface area contributed by atoms with Crippen LogP contribution in [0.3, 0.4) is 0 Å². The minimum absolute atomic E-state index is 0.0656. The van der Waals surface area contributed by atoms with Crippen LogP contribution in [0.2, 0.25) is 0 Å². The van der Waals surface area contributed by atoms with Crippen molar-refractivity contribution in [2.45, 2.75) is 19.6 Å². The Hall–Kier alpha value is -2.99. The van der Waals surface area contributed by atoms with Gasteiger partial charge in [0.1, 0.15) is 6.33 Å². The molecule has 0 saturated heterocycles. The van der Waals surface area contributed by atoms with Crippen molar-refractivity contribution in [1.29, 1.82) is 0 Å². The molecule has 2 aromatic carbocycles. The topological polar surface area (TPSA) is 80.0 Å². The van der Waals surface area contributed by atoms with E-state index in [0.717, 1.165) is 11.1 Å². The van der Waals surface area contributed by atoms with Crippen molar-refractivity contribution in [3.05, 3.63) is 77.9 Å². The third kappa shape index (κ3) is 3.85. The van der Waals surface area contributed by atoms with Crippen LogP contribution in [0.4, 0.5) is 5.69 Å². The predicted molar refractivity (Wildman–Crippen MR) is 90.6 cm³/mol. The summed E-state index contributed by atoms with van der Waals surface area (Å²) in [6, 6.07) is 16.8. The molecule has 24 heavy (non-hydrogen) atoms. The number of aryl methyl sites for hydroxylation is 1. The first-order valence-electron chi connectivity index (χ1n) is 7.62. The molecule has 0 radical (unpaired) electrons. The van der Waals surface area contributed by atoms with Crippen molar-refractivity contribution in [3.8, 4) is 0 Å². The summed E-state index contributed by atoms with van der Waals surface area (Å²) in [7, 11) is 0. The molecule has 3 aromatic rings. The quantitative estimate of drug-likeness (QED) is 0.756. The molecule has 0 bridgehead atoms. The molecule has 1 atom stereocenters. The van der Waals surface area contributed by atoms with Crippen LogP contribution in [0, 0.1) is 6.92 Å². The number of nitrogens with one attached hydrogen (secondary N) is 1. The summed E-state index contributed by atoms with van der Waals surface area (Å²) in [6.45, 7) is 2.21. The van der Waals surface area contributed by atoms with Crippen LogP contribution < -0.4 is 5.32 Å². The van der Waals surface area contributed by atoms with Crippen molar-refractivity contribution in [2.75, 3.05) is 5.32 Å². The summed E-state index contributed by atoms with van der Waals surface area (Å²) in [6.07, 6.45) is 0.733. The fraction of sp³-hybridized carbons (Fsp3) is 0.167. The highest BCUT2D eigenvalue weighted by Crippen LogP contribution is 2.14. The van der Waals surface area contributed by atoms with Gasteiger partial charge in [-0.1, -0.05) is 48.0 Å². The first-order valence-corrected chi connectivity index (χ1v) is 7.62. The molecular weight excluding hydrogens is 304 g/mol. The Labute approximate surface area is 139 Å². The summed E-state index contributed by atoms with van der Waals surface area (Å²) in [5, 5.41) is 17.1. The number of anilines is 1. The first kappa shape index (κ1) is 15.9. The maximum atomic E-state index is 12.2. The molecule has 122 valence electrons. The molecule has 1 aromatic heterocycles. The summed E-state index contributed by atoms with van der Waals surface area (Å²) >= 11 is 0. The highest BCUT2D eigenvalue weighted by molar-refractivity contribution is 6.01. The number of amides is 1. The minimum Gasteiger partial charge on any atom is -0.386 e. The van der Waals surface area contributed by atoms with Gasteiger partial charge in [-0.3, -0.25) is 4.79 Å². The Bertz CT molecular complexity index is 813. The zero-order chi connectivity index (χ0) is 16.9. The maximum absolute atomic E-state index is 12.2. The van der Waals surface area contributed by atoms with Crippen molar-refractivity contribution in [1.82, 2.24) is 14.8 Å². The van der Waals surface area contributed by atoms with Gasteiger partial charge in [-0.25, -0.2) is 9.67 Å². The van der Waals surface area contributed by atoms with E-state index in [4.69, 9.17) is 0 Å². The number of carbonyl (C=O) groups is 1. The van der Waals surface area contributed by atoms with E-state index in [1.165, 1.54) is 11.0 Å². The number of rotatable bonds is 5. The van der Waals surface area contributed by atoms with Gasteiger partial charge < -0.3 is 10.4 Å². The number of carbonyl (C=O) groups excluding carboxylic acids is 1. The molecule has 6 nitrogen and oxygen atoms in total. The fourth-order valence-corrected chi connectivity index (χ4v) is 2.27. The second-order valence-electron chi connectivity index (χ2n) is 5.54. The Morgan fingerprint density at radius 3 is 2.58 bits per heavy atom. The molecule has 0 spiro atoms. The van der Waals surface area contributed by atoms with Crippen molar-refractivity contribution in [3.63, 3.8) is 0 Å². The number of aliphatic hydroxyl groups excluding tert-OH is 1. The van der Waals surface area contributed by atoms with Gasteiger partial charge in [0.25, 0.3) is 5.91 Å². The normalized spacial score (nSPS) is 11.9. The Balaban J connectivity index is 1.64. The third-order valence-corrected chi connectivity index (χ3v) is 3.59. The van der Waals surface area contributed by atoms with Crippen LogP contribution in [0.25, 0.3) is 0 Å². The van der Waals surface area contributed by atoms with Crippen LogP contribution in [-0.4, -0.2) is 25.8 Å². The van der Waals surface area contributed by atoms with E-state index in [1.54, 1.807) is 0 Å². The van der Waals surface area contributed by atoms with E-state index in [-0.39, 0.29) is 18.3 Å². The number of benzene rings is 2. The Morgan fingerprint density at radius 1 is 1.17 bits per heavy atom. The highest BCUT2D eigenvalue weighted by Gasteiger charge is 2.14. The number of aromatic nitrogens is 3. The van der Waals surface area contributed by atoms with Crippen molar-refractivity contribution < 1.29 is 9.90 Å². The third-order valence-electron chi connectivity index (χ3n) is 3.59.